The lowest BCUT2D eigenvalue weighted by atomic mass is 10.2. The Kier molecular flexibility index (Phi) is 3.34. The van der Waals surface area contributed by atoms with Crippen LogP contribution in [0.1, 0.15) is 5.69 Å². The number of nitrogens with zero attached hydrogens (tertiary/aromatic N) is 2. The molecule has 0 unspecified atom stereocenters. The topological polar surface area (TPSA) is 25.8 Å². The molecule has 0 saturated carbocycles. The van der Waals surface area contributed by atoms with Crippen molar-refractivity contribution in [2.45, 2.75) is 5.33 Å². The van der Waals surface area contributed by atoms with E-state index in [-0.39, 0.29) is 0 Å². The molecule has 2 aromatic rings. The summed E-state index contributed by atoms with van der Waals surface area (Å²) in [4.78, 5) is 8.50. The second kappa shape index (κ2) is 4.73. The molecule has 2 heterocycles. The molecule has 0 amide bonds. The summed E-state index contributed by atoms with van der Waals surface area (Å²) in [6.07, 6.45) is 3.53. The molecular formula is C11H8BrClN2. The quantitative estimate of drug-likeness (QED) is 0.786. The van der Waals surface area contributed by atoms with E-state index in [0.717, 1.165) is 17.0 Å². The first-order valence-corrected chi connectivity index (χ1v) is 5.93. The number of hydrogen-bond donors (Lipinski definition) is 0. The van der Waals surface area contributed by atoms with Gasteiger partial charge in [-0.25, -0.2) is 0 Å². The average molecular weight is 284 g/mol. The third-order valence-corrected chi connectivity index (χ3v) is 2.88. The van der Waals surface area contributed by atoms with E-state index in [4.69, 9.17) is 11.6 Å². The number of rotatable bonds is 2. The van der Waals surface area contributed by atoms with Gasteiger partial charge in [-0.1, -0.05) is 27.5 Å². The Hall–Kier alpha value is -0.930. The van der Waals surface area contributed by atoms with Crippen LogP contribution in [0.5, 0.6) is 0 Å². The maximum Gasteiger partial charge on any atom is 0.0722 e. The van der Waals surface area contributed by atoms with Gasteiger partial charge >= 0.3 is 0 Å². The van der Waals surface area contributed by atoms with Crippen molar-refractivity contribution in [3.8, 4) is 11.3 Å². The van der Waals surface area contributed by atoms with Crippen LogP contribution in [0, 0.1) is 0 Å². The Bertz CT molecular complexity index is 459. The molecule has 2 nitrogen and oxygen atoms in total. The van der Waals surface area contributed by atoms with Gasteiger partial charge in [0.2, 0.25) is 0 Å². The third-order valence-electron chi connectivity index (χ3n) is 2.00. The summed E-state index contributed by atoms with van der Waals surface area (Å²) in [5.41, 5.74) is 2.73. The van der Waals surface area contributed by atoms with Crippen LogP contribution in [0.25, 0.3) is 11.3 Å². The number of aromatic nitrogens is 2. The molecule has 15 heavy (non-hydrogen) atoms. The van der Waals surface area contributed by atoms with Gasteiger partial charge in [0.1, 0.15) is 0 Å². The van der Waals surface area contributed by atoms with Gasteiger partial charge in [0.05, 0.1) is 16.4 Å². The molecule has 0 aliphatic carbocycles. The van der Waals surface area contributed by atoms with E-state index in [1.807, 2.05) is 24.3 Å². The number of pyridine rings is 2. The molecule has 0 bridgehead atoms. The van der Waals surface area contributed by atoms with Gasteiger partial charge < -0.3 is 0 Å². The van der Waals surface area contributed by atoms with E-state index in [0.29, 0.717) is 10.4 Å². The molecule has 0 spiro atoms. The van der Waals surface area contributed by atoms with E-state index in [2.05, 4.69) is 25.9 Å². The van der Waals surface area contributed by atoms with Gasteiger partial charge in [0.15, 0.2) is 0 Å². The van der Waals surface area contributed by atoms with Crippen molar-refractivity contribution < 1.29 is 0 Å². The van der Waals surface area contributed by atoms with Crippen LogP contribution in [-0.4, -0.2) is 9.97 Å². The third kappa shape index (κ3) is 2.36. The Labute approximate surface area is 101 Å². The van der Waals surface area contributed by atoms with Gasteiger partial charge in [-0.3, -0.25) is 9.97 Å². The summed E-state index contributed by atoms with van der Waals surface area (Å²) in [6.45, 7) is 0. The molecule has 76 valence electrons. The average Bonchev–Trinajstić information content (AvgIpc) is 2.31. The zero-order chi connectivity index (χ0) is 10.7. The van der Waals surface area contributed by atoms with Gasteiger partial charge in [-0.2, -0.15) is 0 Å². The molecule has 0 aliphatic heterocycles. The van der Waals surface area contributed by atoms with Crippen LogP contribution in [-0.2, 0) is 5.33 Å². The molecule has 2 aromatic heterocycles. The Morgan fingerprint density at radius 2 is 2.13 bits per heavy atom. The second-order valence-corrected chi connectivity index (χ2v) is 3.97. The summed E-state index contributed by atoms with van der Waals surface area (Å²) in [5.74, 6) is 0. The van der Waals surface area contributed by atoms with Crippen LogP contribution in [0.4, 0.5) is 0 Å². The van der Waals surface area contributed by atoms with Gasteiger partial charge in [-0.05, 0) is 24.3 Å². The van der Waals surface area contributed by atoms with E-state index < -0.39 is 0 Å². The molecule has 0 aromatic carbocycles. The normalized spacial score (nSPS) is 10.3. The van der Waals surface area contributed by atoms with Crippen molar-refractivity contribution in [3.05, 3.63) is 47.4 Å². The minimum atomic E-state index is 0.653. The van der Waals surface area contributed by atoms with Crippen molar-refractivity contribution in [2.24, 2.45) is 0 Å². The lowest BCUT2D eigenvalue weighted by Crippen LogP contribution is -1.90. The monoisotopic (exact) mass is 282 g/mol. The maximum absolute atomic E-state index is 5.98. The van der Waals surface area contributed by atoms with Gasteiger partial charge in [-0.15, -0.1) is 0 Å². The molecule has 0 radical (unpaired) electrons. The predicted octanol–water partition coefficient (Wildman–Crippen LogP) is 3.69. The Balaban J connectivity index is 2.46. The standard InChI is InChI=1S/C11H8BrClN2/c12-6-11-9(13)3-4-10(15-11)8-2-1-5-14-7-8/h1-5,7H,6H2. The van der Waals surface area contributed by atoms with Crippen LogP contribution < -0.4 is 0 Å². The maximum atomic E-state index is 5.98. The zero-order valence-corrected chi connectivity index (χ0v) is 10.2. The second-order valence-electron chi connectivity index (χ2n) is 3.00. The first-order chi connectivity index (χ1) is 7.31. The minimum absolute atomic E-state index is 0.653. The van der Waals surface area contributed by atoms with Crippen LogP contribution in [0.2, 0.25) is 5.02 Å². The SMILES string of the molecule is Clc1ccc(-c2cccnc2)nc1CBr. The fourth-order valence-electron chi connectivity index (χ4n) is 1.25. The highest BCUT2D eigenvalue weighted by Crippen LogP contribution is 2.22. The Morgan fingerprint density at radius 3 is 2.80 bits per heavy atom. The van der Waals surface area contributed by atoms with Crippen molar-refractivity contribution in [1.82, 2.24) is 9.97 Å². The van der Waals surface area contributed by atoms with Crippen molar-refractivity contribution in [1.29, 1.82) is 0 Å². The molecule has 2 rings (SSSR count). The smallest absolute Gasteiger partial charge is 0.0722 e. The highest BCUT2D eigenvalue weighted by atomic mass is 79.9. The summed E-state index contributed by atoms with van der Waals surface area (Å²) in [5, 5.41) is 1.33. The van der Waals surface area contributed by atoms with Crippen molar-refractivity contribution in [3.63, 3.8) is 0 Å². The minimum Gasteiger partial charge on any atom is -0.264 e. The fraction of sp³-hybridized carbons (Fsp3) is 0.0909. The number of hydrogen-bond acceptors (Lipinski definition) is 2. The largest absolute Gasteiger partial charge is 0.264 e. The van der Waals surface area contributed by atoms with Crippen molar-refractivity contribution >= 4 is 27.5 Å². The lowest BCUT2D eigenvalue weighted by molar-refractivity contribution is 1.18. The summed E-state index contributed by atoms with van der Waals surface area (Å²) < 4.78 is 0. The number of halogens is 2. The van der Waals surface area contributed by atoms with E-state index >= 15 is 0 Å². The molecule has 0 N–H and O–H groups in total. The molecule has 0 aliphatic rings. The number of alkyl halides is 1. The molecule has 0 atom stereocenters. The van der Waals surface area contributed by atoms with Crippen molar-refractivity contribution in [2.75, 3.05) is 0 Å². The van der Waals surface area contributed by atoms with Crippen LogP contribution in [0.15, 0.2) is 36.7 Å². The first kappa shape index (κ1) is 10.6. The van der Waals surface area contributed by atoms with E-state index in [9.17, 15) is 0 Å². The highest BCUT2D eigenvalue weighted by molar-refractivity contribution is 9.08. The summed E-state index contributed by atoms with van der Waals surface area (Å²) in [6, 6.07) is 7.61. The van der Waals surface area contributed by atoms with Crippen LogP contribution >= 0.6 is 27.5 Å². The summed E-state index contributed by atoms with van der Waals surface area (Å²) >= 11 is 9.33. The van der Waals surface area contributed by atoms with Gasteiger partial charge in [0.25, 0.3) is 0 Å². The fourth-order valence-corrected chi connectivity index (χ4v) is 2.01. The van der Waals surface area contributed by atoms with Gasteiger partial charge in [0, 0.05) is 23.3 Å². The molecular weight excluding hydrogens is 275 g/mol. The van der Waals surface area contributed by atoms with Crippen LogP contribution in [0.3, 0.4) is 0 Å². The predicted molar refractivity (Wildman–Crippen MR) is 65.1 cm³/mol. The van der Waals surface area contributed by atoms with E-state index in [1.165, 1.54) is 0 Å². The van der Waals surface area contributed by atoms with E-state index in [1.54, 1.807) is 12.4 Å². The molecule has 0 saturated heterocycles. The molecule has 4 heteroatoms. The molecule has 0 fully saturated rings. The Morgan fingerprint density at radius 1 is 1.27 bits per heavy atom. The zero-order valence-electron chi connectivity index (χ0n) is 7.82. The lowest BCUT2D eigenvalue weighted by Gasteiger charge is -2.03. The highest BCUT2D eigenvalue weighted by Gasteiger charge is 2.04. The summed E-state index contributed by atoms with van der Waals surface area (Å²) in [7, 11) is 0. The first-order valence-electron chi connectivity index (χ1n) is 4.43.